The molecular weight excluding hydrogens is 412 g/mol. The van der Waals surface area contributed by atoms with E-state index >= 15 is 0 Å². The fraction of sp³-hybridized carbons (Fsp3) is 0.344. The van der Waals surface area contributed by atoms with Gasteiger partial charge in [0, 0.05) is 16.8 Å². The molecule has 3 aromatic carbocycles. The van der Waals surface area contributed by atoms with E-state index in [1.165, 1.54) is 91.4 Å². The summed E-state index contributed by atoms with van der Waals surface area (Å²) in [7, 11) is 2.21. The number of rotatable bonds is 3. The Morgan fingerprint density at radius 3 is 2.53 bits per heavy atom. The van der Waals surface area contributed by atoms with Gasteiger partial charge in [-0.3, -0.25) is 0 Å². The van der Waals surface area contributed by atoms with Crippen LogP contribution in [0.25, 0.3) is 49.0 Å². The van der Waals surface area contributed by atoms with Crippen LogP contribution in [-0.2, 0) is 13.5 Å². The van der Waals surface area contributed by atoms with Gasteiger partial charge in [0.1, 0.15) is 7.05 Å². The van der Waals surface area contributed by atoms with Gasteiger partial charge in [-0.2, -0.15) is 0 Å². The second-order valence-corrected chi connectivity index (χ2v) is 11.2. The monoisotopic (exact) mass is 445 g/mol. The van der Waals surface area contributed by atoms with Crippen molar-refractivity contribution in [1.29, 1.82) is 0 Å². The zero-order chi connectivity index (χ0) is 23.1. The highest BCUT2D eigenvalue weighted by molar-refractivity contribution is 6.25. The van der Waals surface area contributed by atoms with Gasteiger partial charge in [0.15, 0.2) is 6.20 Å². The molecule has 34 heavy (non-hydrogen) atoms. The van der Waals surface area contributed by atoms with Crippen molar-refractivity contribution in [3.05, 3.63) is 71.4 Å². The normalized spacial score (nSPS) is 15.4. The van der Waals surface area contributed by atoms with Crippen molar-refractivity contribution >= 4 is 49.0 Å². The number of nitrogens with zero attached hydrogens (tertiary/aromatic N) is 2. The third-order valence-electron chi connectivity index (χ3n) is 8.39. The second-order valence-electron chi connectivity index (χ2n) is 11.2. The molecule has 6 aromatic rings. The zero-order valence-corrected chi connectivity index (χ0v) is 20.8. The highest BCUT2D eigenvalue weighted by Crippen LogP contribution is 2.43. The average Bonchev–Trinajstić information content (AvgIpc) is 3.46. The number of aromatic nitrogens is 2. The Labute approximate surface area is 201 Å². The molecule has 0 saturated heterocycles. The van der Waals surface area contributed by atoms with Gasteiger partial charge in [-0.15, -0.1) is 0 Å². The molecule has 1 fully saturated rings. The second kappa shape index (κ2) is 7.18. The predicted molar refractivity (Wildman–Crippen MR) is 144 cm³/mol. The molecule has 0 amide bonds. The summed E-state index contributed by atoms with van der Waals surface area (Å²) in [5, 5.41) is 6.96. The summed E-state index contributed by atoms with van der Waals surface area (Å²) in [4.78, 5) is 0. The Balaban J connectivity index is 1.72. The minimum absolute atomic E-state index is 0.658. The lowest BCUT2D eigenvalue weighted by atomic mass is 9.92. The summed E-state index contributed by atoms with van der Waals surface area (Å²) >= 11 is 0. The molecule has 0 aliphatic heterocycles. The number of hydrogen-bond acceptors (Lipinski definition) is 0. The number of pyridine rings is 2. The molecule has 7 rings (SSSR count). The van der Waals surface area contributed by atoms with E-state index in [1.54, 1.807) is 0 Å². The molecule has 170 valence electrons. The maximum atomic E-state index is 2.60. The molecule has 2 nitrogen and oxygen atoms in total. The van der Waals surface area contributed by atoms with E-state index in [0.717, 1.165) is 6.42 Å². The van der Waals surface area contributed by atoms with Crippen molar-refractivity contribution in [2.75, 3.05) is 0 Å². The number of hydrogen-bond donors (Lipinski definition) is 0. The largest absolute Gasteiger partial charge is 0.307 e. The smallest absolute Gasteiger partial charge is 0.224 e. The first-order valence-corrected chi connectivity index (χ1v) is 13.0. The first kappa shape index (κ1) is 20.3. The van der Waals surface area contributed by atoms with Crippen LogP contribution in [0.2, 0.25) is 0 Å². The van der Waals surface area contributed by atoms with Crippen LogP contribution in [-0.4, -0.2) is 4.40 Å². The van der Waals surface area contributed by atoms with Crippen LogP contribution in [0.4, 0.5) is 0 Å². The molecular formula is C32H33N2+. The van der Waals surface area contributed by atoms with E-state index < -0.39 is 0 Å². The van der Waals surface area contributed by atoms with Gasteiger partial charge in [0.25, 0.3) is 0 Å². The maximum Gasteiger partial charge on any atom is 0.224 e. The average molecular weight is 446 g/mol. The molecule has 0 unspecified atom stereocenters. The van der Waals surface area contributed by atoms with Crippen molar-refractivity contribution in [1.82, 2.24) is 4.40 Å². The SMILES string of the molecule is Cc1ccc2c3cc(CC(C)C)ccc3n3c4cc(C5CCCC5)cc5cc[n+](C)c(c1c23)c54. The van der Waals surface area contributed by atoms with Crippen molar-refractivity contribution in [2.24, 2.45) is 13.0 Å². The van der Waals surface area contributed by atoms with Crippen LogP contribution >= 0.6 is 0 Å². The van der Waals surface area contributed by atoms with E-state index in [0.29, 0.717) is 11.8 Å². The van der Waals surface area contributed by atoms with Crippen LogP contribution in [0.15, 0.2) is 54.7 Å². The molecule has 0 N–H and O–H groups in total. The van der Waals surface area contributed by atoms with Crippen LogP contribution < -0.4 is 4.57 Å². The minimum Gasteiger partial charge on any atom is -0.307 e. The molecule has 1 aliphatic rings. The van der Waals surface area contributed by atoms with Gasteiger partial charge in [-0.05, 0) is 78.3 Å². The van der Waals surface area contributed by atoms with Crippen LogP contribution in [0.5, 0.6) is 0 Å². The van der Waals surface area contributed by atoms with Crippen molar-refractivity contribution in [3.63, 3.8) is 0 Å². The van der Waals surface area contributed by atoms with Gasteiger partial charge < -0.3 is 4.40 Å². The van der Waals surface area contributed by atoms with Gasteiger partial charge in [-0.25, -0.2) is 4.57 Å². The van der Waals surface area contributed by atoms with Crippen molar-refractivity contribution in [3.8, 4) is 0 Å². The third kappa shape index (κ3) is 2.72. The molecule has 3 heterocycles. The van der Waals surface area contributed by atoms with E-state index in [-0.39, 0.29) is 0 Å². The summed E-state index contributed by atoms with van der Waals surface area (Å²) in [6.45, 7) is 6.90. The summed E-state index contributed by atoms with van der Waals surface area (Å²) in [6, 6.07) is 19.2. The summed E-state index contributed by atoms with van der Waals surface area (Å²) in [5.74, 6) is 1.36. The van der Waals surface area contributed by atoms with Crippen LogP contribution in [0.3, 0.4) is 0 Å². The quantitative estimate of drug-likeness (QED) is 0.148. The molecule has 1 aliphatic carbocycles. The molecule has 1 saturated carbocycles. The maximum absolute atomic E-state index is 2.60. The van der Waals surface area contributed by atoms with Crippen LogP contribution in [0, 0.1) is 12.8 Å². The Morgan fingerprint density at radius 1 is 0.912 bits per heavy atom. The Morgan fingerprint density at radius 2 is 1.74 bits per heavy atom. The predicted octanol–water partition coefficient (Wildman–Crippen LogP) is 7.98. The lowest BCUT2D eigenvalue weighted by Gasteiger charge is -2.16. The molecule has 3 aromatic heterocycles. The molecule has 0 radical (unpaired) electrons. The standard InChI is InChI=1S/C32H33N2/c1-19(2)15-21-10-12-27-26(16-21)25-11-9-20(3)29-31(25)34(27)28-18-24(22-7-5-6-8-22)17-23-13-14-33(4)32(29)30(23)28/h9-14,16-19,22H,5-8,15H2,1-4H3/q+1. The van der Waals surface area contributed by atoms with E-state index in [2.05, 4.69) is 91.5 Å². The fourth-order valence-electron chi connectivity index (χ4n) is 6.88. The van der Waals surface area contributed by atoms with Crippen molar-refractivity contribution < 1.29 is 4.57 Å². The number of benzene rings is 3. The van der Waals surface area contributed by atoms with Crippen LogP contribution in [0.1, 0.15) is 62.1 Å². The lowest BCUT2D eigenvalue weighted by Crippen LogP contribution is -2.29. The lowest BCUT2D eigenvalue weighted by molar-refractivity contribution is -0.643. The van der Waals surface area contributed by atoms with Gasteiger partial charge in [0.2, 0.25) is 5.52 Å². The summed E-state index contributed by atoms with van der Waals surface area (Å²) < 4.78 is 4.94. The molecule has 2 heteroatoms. The fourth-order valence-corrected chi connectivity index (χ4v) is 6.88. The highest BCUT2D eigenvalue weighted by atomic mass is 15.0. The van der Waals surface area contributed by atoms with E-state index in [9.17, 15) is 0 Å². The number of fused-ring (bicyclic) bond motifs is 5. The number of aryl methyl sites for hydroxylation is 2. The first-order valence-electron chi connectivity index (χ1n) is 13.0. The first-order chi connectivity index (χ1) is 16.5. The third-order valence-corrected chi connectivity index (χ3v) is 8.39. The Bertz CT molecular complexity index is 1730. The highest BCUT2D eigenvalue weighted by Gasteiger charge is 2.26. The van der Waals surface area contributed by atoms with E-state index in [4.69, 9.17) is 0 Å². The summed E-state index contributed by atoms with van der Waals surface area (Å²) in [6.07, 6.45) is 8.77. The zero-order valence-electron chi connectivity index (χ0n) is 20.8. The van der Waals surface area contributed by atoms with Gasteiger partial charge >= 0.3 is 0 Å². The topological polar surface area (TPSA) is 8.29 Å². The van der Waals surface area contributed by atoms with Gasteiger partial charge in [-0.1, -0.05) is 51.0 Å². The molecule has 0 spiro atoms. The van der Waals surface area contributed by atoms with Gasteiger partial charge in [0.05, 0.1) is 27.3 Å². The minimum atomic E-state index is 0.658. The molecule has 0 bridgehead atoms. The molecule has 0 atom stereocenters. The Kier molecular flexibility index (Phi) is 4.28. The van der Waals surface area contributed by atoms with E-state index in [1.807, 2.05) is 0 Å². The van der Waals surface area contributed by atoms with Crippen molar-refractivity contribution in [2.45, 2.75) is 58.8 Å². The summed E-state index contributed by atoms with van der Waals surface area (Å²) in [5.41, 5.74) is 9.80. The Hall–Kier alpha value is -3.13.